The number of aromatic nitrogens is 2. The van der Waals surface area contributed by atoms with Gasteiger partial charge in [-0.2, -0.15) is 0 Å². The number of benzene rings is 1. The van der Waals surface area contributed by atoms with Crippen molar-refractivity contribution in [3.8, 4) is 0 Å². The van der Waals surface area contributed by atoms with Gasteiger partial charge < -0.3 is 9.32 Å². The van der Waals surface area contributed by atoms with Crippen LogP contribution in [-0.2, 0) is 12.2 Å². The van der Waals surface area contributed by atoms with E-state index in [-0.39, 0.29) is 5.91 Å². The molecule has 0 aliphatic carbocycles. The van der Waals surface area contributed by atoms with Crippen molar-refractivity contribution in [1.82, 2.24) is 20.0 Å². The SMILES string of the molecule is Cc1nnc(SCc2c(C(=O)N3CCN(CCc4cccs4)CC3)oc3ccccc23)s1. The molecule has 9 heteroatoms. The van der Waals surface area contributed by atoms with Crippen LogP contribution >= 0.6 is 34.4 Å². The number of fused-ring (bicyclic) bond motifs is 1. The predicted octanol–water partition coefficient (Wildman–Crippen LogP) is 4.95. The number of aryl methyl sites for hydroxylation is 1. The lowest BCUT2D eigenvalue weighted by atomic mass is 10.1. The average molecular weight is 485 g/mol. The highest BCUT2D eigenvalue weighted by molar-refractivity contribution is 8.00. The van der Waals surface area contributed by atoms with Crippen LogP contribution in [-0.4, -0.2) is 58.6 Å². The first kappa shape index (κ1) is 21.6. The second-order valence-electron chi connectivity index (χ2n) is 7.74. The highest BCUT2D eigenvalue weighted by atomic mass is 32.2. The number of thioether (sulfide) groups is 1. The lowest BCUT2D eigenvalue weighted by Crippen LogP contribution is -2.49. The number of carbonyl (C=O) groups excluding carboxylic acids is 1. The summed E-state index contributed by atoms with van der Waals surface area (Å²) >= 11 is 4.98. The summed E-state index contributed by atoms with van der Waals surface area (Å²) in [4.78, 5) is 19.2. The molecule has 1 fully saturated rings. The van der Waals surface area contributed by atoms with Gasteiger partial charge in [0.1, 0.15) is 10.6 Å². The van der Waals surface area contributed by atoms with Gasteiger partial charge in [0.25, 0.3) is 5.91 Å². The molecule has 5 rings (SSSR count). The Morgan fingerprint density at radius 2 is 1.97 bits per heavy atom. The summed E-state index contributed by atoms with van der Waals surface area (Å²) in [6.07, 6.45) is 1.07. The molecule has 6 nitrogen and oxygen atoms in total. The third-order valence-electron chi connectivity index (χ3n) is 5.65. The lowest BCUT2D eigenvalue weighted by Gasteiger charge is -2.34. The van der Waals surface area contributed by atoms with E-state index in [2.05, 4.69) is 32.6 Å². The topological polar surface area (TPSA) is 62.5 Å². The first-order chi connectivity index (χ1) is 15.7. The Hall–Kier alpha value is -2.20. The van der Waals surface area contributed by atoms with E-state index in [0.717, 1.165) is 65.0 Å². The van der Waals surface area contributed by atoms with Crippen LogP contribution < -0.4 is 0 Å². The van der Waals surface area contributed by atoms with Crippen LogP contribution in [0, 0.1) is 6.92 Å². The first-order valence-corrected chi connectivity index (χ1v) is 13.3. The Kier molecular flexibility index (Phi) is 6.59. The summed E-state index contributed by atoms with van der Waals surface area (Å²) in [5, 5.41) is 12.4. The molecule has 0 spiro atoms. The summed E-state index contributed by atoms with van der Waals surface area (Å²) in [6, 6.07) is 12.2. The van der Waals surface area contributed by atoms with E-state index in [1.807, 2.05) is 47.4 Å². The van der Waals surface area contributed by atoms with E-state index in [1.54, 1.807) is 23.1 Å². The molecule has 3 aromatic heterocycles. The predicted molar refractivity (Wildman–Crippen MR) is 131 cm³/mol. The fraction of sp³-hybridized carbons (Fsp3) is 0.348. The number of amides is 1. The molecule has 0 radical (unpaired) electrons. The Bertz CT molecular complexity index is 1190. The van der Waals surface area contributed by atoms with Crippen LogP contribution in [0.4, 0.5) is 0 Å². The second-order valence-corrected chi connectivity index (χ2v) is 11.2. The van der Waals surface area contributed by atoms with Crippen LogP contribution in [0.25, 0.3) is 11.0 Å². The van der Waals surface area contributed by atoms with Gasteiger partial charge in [-0.1, -0.05) is 47.4 Å². The lowest BCUT2D eigenvalue weighted by molar-refractivity contribution is 0.0609. The summed E-state index contributed by atoms with van der Waals surface area (Å²) < 4.78 is 6.99. The Labute approximate surface area is 199 Å². The monoisotopic (exact) mass is 484 g/mol. The third-order valence-corrected chi connectivity index (χ3v) is 8.59. The molecule has 0 bridgehead atoms. The molecular formula is C23H24N4O2S3. The van der Waals surface area contributed by atoms with Gasteiger partial charge in [-0.15, -0.1) is 21.5 Å². The van der Waals surface area contributed by atoms with Gasteiger partial charge in [0, 0.05) is 54.3 Å². The average Bonchev–Trinajstić information content (AvgIpc) is 3.56. The minimum absolute atomic E-state index is 0.0110. The van der Waals surface area contributed by atoms with Crippen molar-refractivity contribution in [2.24, 2.45) is 0 Å². The molecule has 32 heavy (non-hydrogen) atoms. The number of piperazine rings is 1. The maximum atomic E-state index is 13.4. The number of carbonyl (C=O) groups is 1. The number of nitrogens with zero attached hydrogens (tertiary/aromatic N) is 4. The Morgan fingerprint density at radius 3 is 2.72 bits per heavy atom. The van der Waals surface area contributed by atoms with E-state index in [1.165, 1.54) is 4.88 Å². The fourth-order valence-electron chi connectivity index (χ4n) is 3.93. The molecule has 4 aromatic rings. The molecule has 1 aromatic carbocycles. The van der Waals surface area contributed by atoms with E-state index >= 15 is 0 Å². The van der Waals surface area contributed by atoms with Crippen molar-refractivity contribution in [3.05, 3.63) is 63.0 Å². The molecule has 1 aliphatic rings. The van der Waals surface area contributed by atoms with Gasteiger partial charge in [0.2, 0.25) is 0 Å². The van der Waals surface area contributed by atoms with Gasteiger partial charge in [0.15, 0.2) is 10.1 Å². The van der Waals surface area contributed by atoms with Gasteiger partial charge in [-0.05, 0) is 30.9 Å². The minimum atomic E-state index is -0.0110. The third kappa shape index (κ3) is 4.76. The normalized spacial score (nSPS) is 15.0. The van der Waals surface area contributed by atoms with Gasteiger partial charge in [0.05, 0.1) is 0 Å². The quantitative estimate of drug-likeness (QED) is 0.346. The fourth-order valence-corrected chi connectivity index (χ4v) is 6.47. The molecule has 1 aliphatic heterocycles. The van der Waals surface area contributed by atoms with Crippen LogP contribution in [0.2, 0.25) is 0 Å². The highest BCUT2D eigenvalue weighted by Crippen LogP contribution is 2.33. The molecular weight excluding hydrogens is 460 g/mol. The van der Waals surface area contributed by atoms with E-state index in [4.69, 9.17) is 4.42 Å². The zero-order chi connectivity index (χ0) is 21.9. The zero-order valence-corrected chi connectivity index (χ0v) is 20.3. The molecule has 166 valence electrons. The number of hydrogen-bond donors (Lipinski definition) is 0. The summed E-state index contributed by atoms with van der Waals surface area (Å²) in [6.45, 7) is 6.22. The smallest absolute Gasteiger partial charge is 0.290 e. The van der Waals surface area contributed by atoms with Crippen molar-refractivity contribution >= 4 is 51.3 Å². The molecule has 0 N–H and O–H groups in total. The van der Waals surface area contributed by atoms with Gasteiger partial charge in [-0.25, -0.2) is 0 Å². The summed E-state index contributed by atoms with van der Waals surface area (Å²) in [5.74, 6) is 1.09. The van der Waals surface area contributed by atoms with Crippen molar-refractivity contribution in [1.29, 1.82) is 0 Å². The zero-order valence-electron chi connectivity index (χ0n) is 17.8. The van der Waals surface area contributed by atoms with Crippen molar-refractivity contribution in [3.63, 3.8) is 0 Å². The first-order valence-electron chi connectivity index (χ1n) is 10.6. The van der Waals surface area contributed by atoms with Crippen LogP contribution in [0.1, 0.15) is 26.0 Å². The largest absolute Gasteiger partial charge is 0.451 e. The number of hydrogen-bond acceptors (Lipinski definition) is 8. The summed E-state index contributed by atoms with van der Waals surface area (Å²) in [7, 11) is 0. The van der Waals surface area contributed by atoms with Gasteiger partial charge in [-0.3, -0.25) is 9.69 Å². The number of furan rings is 1. The van der Waals surface area contributed by atoms with E-state index < -0.39 is 0 Å². The van der Waals surface area contributed by atoms with E-state index in [0.29, 0.717) is 11.5 Å². The molecule has 0 saturated carbocycles. The maximum absolute atomic E-state index is 13.4. The Morgan fingerprint density at radius 1 is 1.12 bits per heavy atom. The molecule has 0 atom stereocenters. The molecule has 1 amide bonds. The number of thiophene rings is 1. The molecule has 4 heterocycles. The van der Waals surface area contributed by atoms with Crippen molar-refractivity contribution in [2.45, 2.75) is 23.4 Å². The standard InChI is InChI=1S/C23H24N4O2S3/c1-16-24-25-23(32-16)31-15-19-18-6-2-3-7-20(18)29-21(19)22(28)27-12-10-26(11-13-27)9-8-17-5-4-14-30-17/h2-7,14H,8-13,15H2,1H3. The van der Waals surface area contributed by atoms with Gasteiger partial charge >= 0.3 is 0 Å². The van der Waals surface area contributed by atoms with Crippen LogP contribution in [0.3, 0.4) is 0 Å². The second kappa shape index (κ2) is 9.74. The highest BCUT2D eigenvalue weighted by Gasteiger charge is 2.28. The van der Waals surface area contributed by atoms with E-state index in [9.17, 15) is 4.79 Å². The minimum Gasteiger partial charge on any atom is -0.451 e. The molecule has 0 unspecified atom stereocenters. The molecule has 1 saturated heterocycles. The maximum Gasteiger partial charge on any atom is 0.290 e. The Balaban J connectivity index is 1.28. The summed E-state index contributed by atoms with van der Waals surface area (Å²) in [5.41, 5.74) is 1.71. The van der Waals surface area contributed by atoms with Crippen LogP contribution in [0.5, 0.6) is 0 Å². The number of para-hydroxylation sites is 1. The van der Waals surface area contributed by atoms with Crippen molar-refractivity contribution < 1.29 is 9.21 Å². The number of rotatable bonds is 7. The van der Waals surface area contributed by atoms with Crippen molar-refractivity contribution in [2.75, 3.05) is 32.7 Å². The van der Waals surface area contributed by atoms with Crippen LogP contribution in [0.15, 0.2) is 50.5 Å².